The molecule has 1 amide bonds. The van der Waals surface area contributed by atoms with Crippen LogP contribution < -0.4 is 4.18 Å². The van der Waals surface area contributed by atoms with Crippen LogP contribution in [0.3, 0.4) is 0 Å². The van der Waals surface area contributed by atoms with Crippen molar-refractivity contribution < 1.29 is 17.4 Å². The molecule has 1 aliphatic carbocycles. The first-order chi connectivity index (χ1) is 11.4. The van der Waals surface area contributed by atoms with E-state index in [9.17, 15) is 13.2 Å². The van der Waals surface area contributed by atoms with Gasteiger partial charge in [0.05, 0.1) is 5.75 Å². The Kier molecular flexibility index (Phi) is 6.27. The second-order valence-corrected chi connectivity index (χ2v) is 8.28. The molecule has 0 aliphatic heterocycles. The Balaban J connectivity index is 2.07. The van der Waals surface area contributed by atoms with Crippen LogP contribution in [0.2, 0.25) is 0 Å². The summed E-state index contributed by atoms with van der Waals surface area (Å²) in [5.41, 5.74) is 0.976. The molecule has 1 aromatic rings. The minimum atomic E-state index is -3.51. The molecule has 0 heterocycles. The smallest absolute Gasteiger partial charge is 0.308 e. The van der Waals surface area contributed by atoms with Gasteiger partial charge >= 0.3 is 10.1 Å². The number of benzene rings is 1. The summed E-state index contributed by atoms with van der Waals surface area (Å²) in [6.45, 7) is 6.24. The van der Waals surface area contributed by atoms with E-state index in [0.717, 1.165) is 31.2 Å². The van der Waals surface area contributed by atoms with E-state index in [1.165, 1.54) is 0 Å². The molecule has 0 N–H and O–H groups in total. The molecule has 0 aromatic heterocycles. The molecular formula is C18H27NO4S. The maximum Gasteiger partial charge on any atom is 0.308 e. The largest absolute Gasteiger partial charge is 0.382 e. The Hall–Kier alpha value is -1.56. The molecule has 0 saturated heterocycles. The molecule has 1 fully saturated rings. The zero-order valence-corrected chi connectivity index (χ0v) is 15.5. The molecule has 0 spiro atoms. The number of hydrogen-bond donors (Lipinski definition) is 0. The van der Waals surface area contributed by atoms with E-state index in [2.05, 4.69) is 13.8 Å². The Morgan fingerprint density at radius 1 is 1.25 bits per heavy atom. The molecule has 1 saturated carbocycles. The Bertz CT molecular complexity index is 650. The van der Waals surface area contributed by atoms with Gasteiger partial charge in [-0.1, -0.05) is 25.5 Å². The zero-order valence-electron chi connectivity index (χ0n) is 14.7. The van der Waals surface area contributed by atoms with E-state index in [1.54, 1.807) is 19.1 Å². The third kappa shape index (κ3) is 4.72. The summed E-state index contributed by atoms with van der Waals surface area (Å²) in [4.78, 5) is 14.6. The fourth-order valence-electron chi connectivity index (χ4n) is 2.61. The molecule has 2 rings (SSSR count). The summed E-state index contributed by atoms with van der Waals surface area (Å²) in [5.74, 6) is 0.661. The predicted molar refractivity (Wildman–Crippen MR) is 94.2 cm³/mol. The number of nitrogens with zero attached hydrogens (tertiary/aromatic N) is 1. The Labute approximate surface area is 145 Å². The van der Waals surface area contributed by atoms with Gasteiger partial charge in [-0.3, -0.25) is 4.79 Å². The third-order valence-corrected chi connectivity index (χ3v) is 5.87. The van der Waals surface area contributed by atoms with Crippen molar-refractivity contribution in [3.63, 3.8) is 0 Å². The SMILES string of the molecule is CC[C@@H](C)N(Cc1ccc(OS(=O)(=O)CC)cc1)C(=O)C1CCC1. The Morgan fingerprint density at radius 3 is 2.33 bits per heavy atom. The highest BCUT2D eigenvalue weighted by atomic mass is 32.2. The molecule has 24 heavy (non-hydrogen) atoms. The molecule has 0 unspecified atom stereocenters. The van der Waals surface area contributed by atoms with Gasteiger partial charge in [0.15, 0.2) is 0 Å². The molecule has 0 radical (unpaired) electrons. The Morgan fingerprint density at radius 2 is 1.88 bits per heavy atom. The first kappa shape index (κ1) is 18.8. The van der Waals surface area contributed by atoms with Crippen LogP contribution in [-0.4, -0.2) is 31.0 Å². The number of amides is 1. The lowest BCUT2D eigenvalue weighted by molar-refractivity contribution is -0.141. The van der Waals surface area contributed by atoms with Gasteiger partial charge in [-0.25, -0.2) is 0 Å². The van der Waals surface area contributed by atoms with Crippen LogP contribution in [0.4, 0.5) is 0 Å². The highest BCUT2D eigenvalue weighted by Crippen LogP contribution is 2.30. The molecule has 1 aliphatic rings. The van der Waals surface area contributed by atoms with Gasteiger partial charge < -0.3 is 9.08 Å². The lowest BCUT2D eigenvalue weighted by Crippen LogP contribution is -2.43. The van der Waals surface area contributed by atoms with E-state index < -0.39 is 10.1 Å². The van der Waals surface area contributed by atoms with Crippen molar-refractivity contribution in [3.05, 3.63) is 29.8 Å². The average Bonchev–Trinajstić information content (AvgIpc) is 2.51. The van der Waals surface area contributed by atoms with Crippen molar-refractivity contribution >= 4 is 16.0 Å². The van der Waals surface area contributed by atoms with E-state index in [0.29, 0.717) is 12.3 Å². The van der Waals surface area contributed by atoms with Crippen LogP contribution in [-0.2, 0) is 21.5 Å². The van der Waals surface area contributed by atoms with Gasteiger partial charge in [-0.2, -0.15) is 8.42 Å². The van der Waals surface area contributed by atoms with Crippen LogP contribution in [0.15, 0.2) is 24.3 Å². The maximum absolute atomic E-state index is 12.6. The third-order valence-electron chi connectivity index (χ3n) is 4.71. The van der Waals surface area contributed by atoms with E-state index in [-0.39, 0.29) is 23.6 Å². The zero-order chi connectivity index (χ0) is 17.7. The summed E-state index contributed by atoms with van der Waals surface area (Å²) < 4.78 is 28.0. The molecule has 1 aromatic carbocycles. The van der Waals surface area contributed by atoms with Gasteiger partial charge in [0, 0.05) is 18.5 Å². The topological polar surface area (TPSA) is 63.7 Å². The van der Waals surface area contributed by atoms with Crippen molar-refractivity contribution in [2.45, 2.75) is 59.0 Å². The van der Waals surface area contributed by atoms with E-state index in [1.807, 2.05) is 17.0 Å². The monoisotopic (exact) mass is 353 g/mol. The molecule has 134 valence electrons. The van der Waals surface area contributed by atoms with Gasteiger partial charge in [0.1, 0.15) is 5.75 Å². The first-order valence-electron chi connectivity index (χ1n) is 8.67. The lowest BCUT2D eigenvalue weighted by Gasteiger charge is -2.35. The van der Waals surface area contributed by atoms with Crippen LogP contribution >= 0.6 is 0 Å². The fourth-order valence-corrected chi connectivity index (χ4v) is 3.14. The van der Waals surface area contributed by atoms with Gasteiger partial charge in [-0.05, 0) is 50.8 Å². The van der Waals surface area contributed by atoms with E-state index in [4.69, 9.17) is 4.18 Å². The second kappa shape index (κ2) is 8.01. The van der Waals surface area contributed by atoms with Crippen LogP contribution in [0.1, 0.15) is 52.0 Å². The summed E-state index contributed by atoms with van der Waals surface area (Å²) in [7, 11) is -3.51. The molecule has 6 heteroatoms. The predicted octanol–water partition coefficient (Wildman–Crippen LogP) is 3.34. The maximum atomic E-state index is 12.6. The van der Waals surface area contributed by atoms with Gasteiger partial charge in [-0.15, -0.1) is 0 Å². The van der Waals surface area contributed by atoms with Crippen LogP contribution in [0.25, 0.3) is 0 Å². The van der Waals surface area contributed by atoms with Crippen molar-refractivity contribution in [2.75, 3.05) is 5.75 Å². The summed E-state index contributed by atoms with van der Waals surface area (Å²) in [6, 6.07) is 7.12. The quantitative estimate of drug-likeness (QED) is 0.672. The van der Waals surface area contributed by atoms with Gasteiger partial charge in [0.25, 0.3) is 0 Å². The van der Waals surface area contributed by atoms with Crippen molar-refractivity contribution in [2.24, 2.45) is 5.92 Å². The summed E-state index contributed by atoms with van der Waals surface area (Å²) in [6.07, 6.45) is 4.04. The number of carbonyl (C=O) groups excluding carboxylic acids is 1. The minimum Gasteiger partial charge on any atom is -0.382 e. The second-order valence-electron chi connectivity index (χ2n) is 6.42. The minimum absolute atomic E-state index is 0.0631. The summed E-state index contributed by atoms with van der Waals surface area (Å²) >= 11 is 0. The summed E-state index contributed by atoms with van der Waals surface area (Å²) in [5, 5.41) is 0. The highest BCUT2D eigenvalue weighted by molar-refractivity contribution is 7.87. The van der Waals surface area contributed by atoms with Crippen LogP contribution in [0.5, 0.6) is 5.75 Å². The standard InChI is InChI=1S/C18H27NO4S/c1-4-14(3)19(18(20)16-7-6-8-16)13-15-9-11-17(12-10-15)23-24(21,22)5-2/h9-12,14,16H,4-8,13H2,1-3H3/t14-/m1/s1. The molecular weight excluding hydrogens is 326 g/mol. The number of hydrogen-bond acceptors (Lipinski definition) is 4. The first-order valence-corrected chi connectivity index (χ1v) is 10.3. The number of rotatable bonds is 8. The molecule has 5 nitrogen and oxygen atoms in total. The van der Waals surface area contributed by atoms with Crippen molar-refractivity contribution in [3.8, 4) is 5.75 Å². The van der Waals surface area contributed by atoms with Crippen molar-refractivity contribution in [1.29, 1.82) is 0 Å². The van der Waals surface area contributed by atoms with Crippen LogP contribution in [0, 0.1) is 5.92 Å². The van der Waals surface area contributed by atoms with Gasteiger partial charge in [0.2, 0.25) is 5.91 Å². The van der Waals surface area contributed by atoms with E-state index >= 15 is 0 Å². The average molecular weight is 353 g/mol. The normalized spacial score (nSPS) is 16.3. The molecule has 1 atom stereocenters. The fraction of sp³-hybridized carbons (Fsp3) is 0.611. The number of carbonyl (C=O) groups is 1. The molecule has 0 bridgehead atoms. The lowest BCUT2D eigenvalue weighted by atomic mass is 9.84. The highest BCUT2D eigenvalue weighted by Gasteiger charge is 2.31. The van der Waals surface area contributed by atoms with Crippen molar-refractivity contribution in [1.82, 2.24) is 4.90 Å².